The van der Waals surface area contributed by atoms with Crippen LogP contribution in [-0.4, -0.2) is 47.5 Å². The molecule has 2 N–H and O–H groups in total. The minimum atomic E-state index is -0.495. The maximum Gasteiger partial charge on any atom is 0.341 e. The predicted molar refractivity (Wildman–Crippen MR) is 146 cm³/mol. The summed E-state index contributed by atoms with van der Waals surface area (Å²) in [5.41, 5.74) is 1.94. The molecule has 0 radical (unpaired) electrons. The summed E-state index contributed by atoms with van der Waals surface area (Å²) < 4.78 is 5.00. The van der Waals surface area contributed by atoms with Gasteiger partial charge in [0.2, 0.25) is 17.7 Å². The maximum atomic E-state index is 13.1. The quantitative estimate of drug-likeness (QED) is 0.373. The smallest absolute Gasteiger partial charge is 0.341 e. The zero-order valence-corrected chi connectivity index (χ0v) is 23.1. The number of fused-ring (bicyclic) bond motifs is 1. The van der Waals surface area contributed by atoms with Gasteiger partial charge in [0.05, 0.1) is 24.5 Å². The minimum absolute atomic E-state index is 0.0218. The molecule has 8 nitrogen and oxygen atoms in total. The Morgan fingerprint density at radius 1 is 1.14 bits per heavy atom. The van der Waals surface area contributed by atoms with Crippen LogP contribution < -0.4 is 10.6 Å². The van der Waals surface area contributed by atoms with Crippen molar-refractivity contribution < 1.29 is 23.9 Å². The Labute approximate surface area is 225 Å². The van der Waals surface area contributed by atoms with Gasteiger partial charge in [-0.15, -0.1) is 23.1 Å². The highest BCUT2D eigenvalue weighted by Gasteiger charge is 2.31. The first-order valence-electron chi connectivity index (χ1n) is 12.6. The predicted octanol–water partition coefficient (Wildman–Crippen LogP) is 5.08. The van der Waals surface area contributed by atoms with Crippen molar-refractivity contribution in [2.75, 3.05) is 24.3 Å². The number of hydrogen-bond donors (Lipinski definition) is 2. The molecule has 2 aliphatic rings. The summed E-state index contributed by atoms with van der Waals surface area (Å²) in [5, 5.41) is 5.95. The van der Waals surface area contributed by atoms with Crippen LogP contribution in [0.15, 0.2) is 29.2 Å². The van der Waals surface area contributed by atoms with Crippen LogP contribution in [-0.2, 0) is 32.1 Å². The number of thioether (sulfide) groups is 1. The molecule has 0 bridgehead atoms. The number of anilines is 2. The third-order valence-corrected chi connectivity index (χ3v) is 9.11. The normalized spacial score (nSPS) is 16.5. The summed E-state index contributed by atoms with van der Waals surface area (Å²) in [4.78, 5) is 53.6. The Balaban J connectivity index is 1.43. The average molecular weight is 544 g/mol. The number of methoxy groups -OCH3 is 1. The summed E-state index contributed by atoms with van der Waals surface area (Å²) >= 11 is 2.70. The first kappa shape index (κ1) is 27.2. The number of nitrogens with zero attached hydrogens (tertiary/aromatic N) is 1. The van der Waals surface area contributed by atoms with Crippen LogP contribution in [0.1, 0.15) is 66.8 Å². The maximum absolute atomic E-state index is 13.1. The lowest BCUT2D eigenvalue weighted by molar-refractivity contribution is -0.129. The van der Waals surface area contributed by atoms with Crippen molar-refractivity contribution in [2.24, 2.45) is 5.92 Å². The molecule has 4 rings (SSSR count). The number of rotatable bonds is 7. The van der Waals surface area contributed by atoms with Gasteiger partial charge in [0.15, 0.2) is 0 Å². The van der Waals surface area contributed by atoms with Gasteiger partial charge in [-0.05, 0) is 49.9 Å². The number of carbonyl (C=O) groups excluding carboxylic acids is 4. The fourth-order valence-corrected chi connectivity index (χ4v) is 6.99. The number of esters is 1. The van der Waals surface area contributed by atoms with Crippen LogP contribution in [0.4, 0.5) is 10.7 Å². The van der Waals surface area contributed by atoms with Crippen molar-refractivity contribution in [1.29, 1.82) is 0 Å². The minimum Gasteiger partial charge on any atom is -0.465 e. The second kappa shape index (κ2) is 12.1. The second-order valence-electron chi connectivity index (χ2n) is 9.49. The topological polar surface area (TPSA) is 105 Å². The van der Waals surface area contributed by atoms with Gasteiger partial charge in [-0.2, -0.15) is 0 Å². The highest BCUT2D eigenvalue weighted by Crippen LogP contribution is 2.38. The molecule has 1 fully saturated rings. The fraction of sp³-hybridized carbons (Fsp3) is 0.481. The molecule has 1 aromatic carbocycles. The molecule has 37 heavy (non-hydrogen) atoms. The van der Waals surface area contributed by atoms with Gasteiger partial charge in [0.1, 0.15) is 5.00 Å². The van der Waals surface area contributed by atoms with Crippen molar-refractivity contribution in [3.8, 4) is 0 Å². The Kier molecular flexibility index (Phi) is 8.91. The van der Waals surface area contributed by atoms with Gasteiger partial charge < -0.3 is 20.3 Å². The Bertz CT molecular complexity index is 1190. The van der Waals surface area contributed by atoms with Crippen molar-refractivity contribution in [2.45, 2.75) is 69.1 Å². The van der Waals surface area contributed by atoms with Crippen LogP contribution in [0.3, 0.4) is 0 Å². The van der Waals surface area contributed by atoms with Crippen LogP contribution >= 0.6 is 23.1 Å². The van der Waals surface area contributed by atoms with Gasteiger partial charge in [-0.1, -0.05) is 25.3 Å². The van der Waals surface area contributed by atoms with E-state index < -0.39 is 11.2 Å². The van der Waals surface area contributed by atoms with E-state index in [0.717, 1.165) is 46.7 Å². The van der Waals surface area contributed by atoms with Gasteiger partial charge in [-0.3, -0.25) is 14.4 Å². The van der Waals surface area contributed by atoms with Crippen molar-refractivity contribution >= 4 is 57.5 Å². The lowest BCUT2D eigenvalue weighted by Gasteiger charge is -2.25. The van der Waals surface area contributed by atoms with E-state index in [2.05, 4.69) is 10.6 Å². The monoisotopic (exact) mass is 543 g/mol. The Hall–Kier alpha value is -2.85. The van der Waals surface area contributed by atoms with E-state index >= 15 is 0 Å². The molecule has 1 aliphatic heterocycles. The molecule has 0 spiro atoms. The number of benzene rings is 1. The molecule has 1 aliphatic carbocycles. The summed E-state index contributed by atoms with van der Waals surface area (Å²) in [7, 11) is 1.32. The third-order valence-electron chi connectivity index (χ3n) is 6.89. The van der Waals surface area contributed by atoms with E-state index in [1.165, 1.54) is 43.6 Å². The van der Waals surface area contributed by atoms with Gasteiger partial charge in [0.25, 0.3) is 0 Å². The molecule has 198 valence electrons. The summed E-state index contributed by atoms with van der Waals surface area (Å²) in [6, 6.07) is 7.52. The van der Waals surface area contributed by atoms with Gasteiger partial charge in [-0.25, -0.2) is 4.79 Å². The number of hydrogen-bond acceptors (Lipinski definition) is 7. The lowest BCUT2D eigenvalue weighted by atomic mass is 9.88. The SMILES string of the molecule is COC(=O)c1c(NC(=O)C(C)Sc2cccc(NC(=O)C3CCCCC3)c2)sc2c1CCN(C(C)=O)C2. The van der Waals surface area contributed by atoms with Crippen molar-refractivity contribution in [3.63, 3.8) is 0 Å². The molecule has 1 unspecified atom stereocenters. The molecular formula is C27H33N3O5S2. The number of amides is 3. The molecule has 1 atom stereocenters. The van der Waals surface area contributed by atoms with Crippen LogP contribution in [0.2, 0.25) is 0 Å². The van der Waals surface area contributed by atoms with Gasteiger partial charge in [0, 0.05) is 34.8 Å². The van der Waals surface area contributed by atoms with E-state index in [4.69, 9.17) is 4.74 Å². The first-order valence-corrected chi connectivity index (χ1v) is 14.3. The number of nitrogens with one attached hydrogen (secondary N) is 2. The number of carbonyl (C=O) groups is 4. The summed E-state index contributed by atoms with van der Waals surface area (Å²) in [6.45, 7) is 4.27. The molecule has 2 aromatic rings. The van der Waals surface area contributed by atoms with Crippen LogP contribution in [0, 0.1) is 5.92 Å². The fourth-order valence-electron chi connectivity index (χ4n) is 4.81. The molecule has 2 heterocycles. The molecule has 10 heteroatoms. The standard InChI is InChI=1S/C27H33N3O5S2/c1-16(36-20-11-7-10-19(14-20)28-25(33)18-8-5-4-6-9-18)24(32)29-26-23(27(34)35-3)21-12-13-30(17(2)31)15-22(21)37-26/h7,10-11,14,16,18H,4-6,8-9,12-13,15H2,1-3H3,(H,28,33)(H,29,32). The largest absolute Gasteiger partial charge is 0.465 e. The number of thiophene rings is 1. The first-order chi connectivity index (χ1) is 17.8. The molecule has 1 saturated carbocycles. The highest BCUT2D eigenvalue weighted by molar-refractivity contribution is 8.00. The van der Waals surface area contributed by atoms with E-state index in [1.807, 2.05) is 24.3 Å². The molecule has 3 amide bonds. The van der Waals surface area contributed by atoms with Gasteiger partial charge >= 0.3 is 5.97 Å². The second-order valence-corrected chi connectivity index (χ2v) is 12.0. The Morgan fingerprint density at radius 2 is 1.89 bits per heavy atom. The van der Waals surface area contributed by atoms with E-state index in [-0.39, 0.29) is 23.6 Å². The number of ether oxygens (including phenoxy) is 1. The summed E-state index contributed by atoms with van der Waals surface area (Å²) in [5.74, 6) is -0.628. The zero-order chi connectivity index (χ0) is 26.5. The Morgan fingerprint density at radius 3 is 2.59 bits per heavy atom. The molecular weight excluding hydrogens is 510 g/mol. The highest BCUT2D eigenvalue weighted by atomic mass is 32.2. The summed E-state index contributed by atoms with van der Waals surface area (Å²) in [6.07, 6.45) is 5.80. The molecule has 0 saturated heterocycles. The van der Waals surface area contributed by atoms with E-state index in [1.54, 1.807) is 11.8 Å². The van der Waals surface area contributed by atoms with E-state index in [0.29, 0.717) is 30.1 Å². The lowest BCUT2D eigenvalue weighted by Crippen LogP contribution is -2.33. The zero-order valence-electron chi connectivity index (χ0n) is 21.4. The van der Waals surface area contributed by atoms with Crippen molar-refractivity contribution in [1.82, 2.24) is 4.90 Å². The molecule has 1 aromatic heterocycles. The van der Waals surface area contributed by atoms with Crippen LogP contribution in [0.25, 0.3) is 0 Å². The van der Waals surface area contributed by atoms with E-state index in [9.17, 15) is 19.2 Å². The van der Waals surface area contributed by atoms with Crippen molar-refractivity contribution in [3.05, 3.63) is 40.3 Å². The van der Waals surface area contributed by atoms with Crippen LogP contribution in [0.5, 0.6) is 0 Å². The average Bonchev–Trinajstić information content (AvgIpc) is 3.25. The third kappa shape index (κ3) is 6.54.